The third-order valence-corrected chi connectivity index (χ3v) is 5.35. The molecule has 1 saturated heterocycles. The maximum atomic E-state index is 12.4. The maximum absolute atomic E-state index is 12.4. The minimum Gasteiger partial charge on any atom is -0.339 e. The van der Waals surface area contributed by atoms with Gasteiger partial charge >= 0.3 is 11.1 Å². The van der Waals surface area contributed by atoms with Crippen molar-refractivity contribution in [2.24, 2.45) is 7.05 Å². The minimum absolute atomic E-state index is 0.00940. The number of aromatic amines is 1. The van der Waals surface area contributed by atoms with Gasteiger partial charge in [-0.1, -0.05) is 23.4 Å². The van der Waals surface area contributed by atoms with Crippen molar-refractivity contribution >= 4 is 22.6 Å². The van der Waals surface area contributed by atoms with E-state index in [0.29, 0.717) is 41.3 Å². The quantitative estimate of drug-likeness (QED) is 0.522. The van der Waals surface area contributed by atoms with Crippen LogP contribution in [0.2, 0.25) is 0 Å². The highest BCUT2D eigenvalue weighted by molar-refractivity contribution is 5.96. The Morgan fingerprint density at radius 2 is 1.90 bits per heavy atom. The summed E-state index contributed by atoms with van der Waals surface area (Å²) < 4.78 is 6.74. The van der Waals surface area contributed by atoms with Crippen molar-refractivity contribution in [3.63, 3.8) is 0 Å². The summed E-state index contributed by atoms with van der Waals surface area (Å²) in [5, 5.41) is 4.05. The number of anilines is 1. The number of H-pyrrole nitrogens is 1. The van der Waals surface area contributed by atoms with Gasteiger partial charge in [0.2, 0.25) is 17.6 Å². The number of rotatable bonds is 3. The third-order valence-electron chi connectivity index (χ3n) is 5.35. The molecule has 1 atom stereocenters. The number of benzene rings is 2. The molecule has 0 saturated carbocycles. The fourth-order valence-corrected chi connectivity index (χ4v) is 3.75. The second-order valence-electron chi connectivity index (χ2n) is 7.25. The molecule has 1 N–H and O–H groups in total. The molecular weight excluding hydrogens is 386 g/mol. The van der Waals surface area contributed by atoms with Crippen molar-refractivity contribution < 1.29 is 9.32 Å². The molecule has 5 rings (SSSR count). The number of aromatic nitrogens is 4. The predicted octanol–water partition coefficient (Wildman–Crippen LogP) is 1.80. The van der Waals surface area contributed by atoms with Crippen LogP contribution in [0.5, 0.6) is 0 Å². The van der Waals surface area contributed by atoms with E-state index in [-0.39, 0.29) is 11.8 Å². The van der Waals surface area contributed by atoms with Crippen LogP contribution in [0.15, 0.2) is 62.6 Å². The van der Waals surface area contributed by atoms with E-state index >= 15 is 0 Å². The number of para-hydroxylation sites is 1. The van der Waals surface area contributed by atoms with Gasteiger partial charge in [-0.2, -0.15) is 4.98 Å². The summed E-state index contributed by atoms with van der Waals surface area (Å²) in [5.41, 5.74) is 1.25. The van der Waals surface area contributed by atoms with Crippen molar-refractivity contribution in [1.82, 2.24) is 19.7 Å². The van der Waals surface area contributed by atoms with Gasteiger partial charge in [0, 0.05) is 31.3 Å². The zero-order chi connectivity index (χ0) is 20.8. The molecule has 0 unspecified atom stereocenters. The van der Waals surface area contributed by atoms with E-state index in [1.54, 1.807) is 30.1 Å². The number of hydrogen-bond donors (Lipinski definition) is 1. The maximum Gasteiger partial charge on any atom is 0.316 e. The summed E-state index contributed by atoms with van der Waals surface area (Å²) in [6.07, 6.45) is 0.295. The number of aryl methyl sites for hydroxylation is 1. The monoisotopic (exact) mass is 403 g/mol. The number of carbonyl (C=O) groups is 1. The zero-order valence-electron chi connectivity index (χ0n) is 16.0. The number of carbonyl (C=O) groups excluding carboxylic acids is 1. The zero-order valence-corrected chi connectivity index (χ0v) is 16.0. The molecule has 1 fully saturated rings. The molecule has 1 amide bonds. The Hall–Kier alpha value is -4.01. The molecule has 150 valence electrons. The summed E-state index contributed by atoms with van der Waals surface area (Å²) in [6, 6.07) is 14.6. The third kappa shape index (κ3) is 2.91. The molecule has 0 radical (unpaired) electrons. The number of amides is 1. The Kier molecular flexibility index (Phi) is 4.09. The highest BCUT2D eigenvalue weighted by atomic mass is 16.5. The summed E-state index contributed by atoms with van der Waals surface area (Å²) in [4.78, 5) is 44.8. The van der Waals surface area contributed by atoms with Crippen LogP contribution in [0.25, 0.3) is 22.4 Å². The second kappa shape index (κ2) is 6.80. The van der Waals surface area contributed by atoms with Crippen LogP contribution < -0.4 is 16.0 Å². The van der Waals surface area contributed by atoms with Gasteiger partial charge in [-0.25, -0.2) is 0 Å². The van der Waals surface area contributed by atoms with E-state index in [1.165, 1.54) is 4.57 Å². The molecule has 4 aromatic rings. The fourth-order valence-electron chi connectivity index (χ4n) is 3.75. The van der Waals surface area contributed by atoms with E-state index in [1.807, 2.05) is 30.3 Å². The molecule has 3 heterocycles. The summed E-state index contributed by atoms with van der Waals surface area (Å²) in [6.45, 7) is 0.470. The van der Waals surface area contributed by atoms with Gasteiger partial charge in [-0.05, 0) is 30.3 Å². The van der Waals surface area contributed by atoms with Gasteiger partial charge in [0.25, 0.3) is 0 Å². The molecule has 2 aromatic heterocycles. The van der Waals surface area contributed by atoms with Gasteiger partial charge in [0.1, 0.15) is 0 Å². The first-order chi connectivity index (χ1) is 14.5. The van der Waals surface area contributed by atoms with E-state index in [0.717, 1.165) is 5.69 Å². The van der Waals surface area contributed by atoms with Gasteiger partial charge < -0.3 is 19.0 Å². The average Bonchev–Trinajstić information content (AvgIpc) is 3.39. The molecular formula is C21H17N5O4. The molecule has 9 heteroatoms. The van der Waals surface area contributed by atoms with Crippen molar-refractivity contribution in [3.05, 3.63) is 75.1 Å². The summed E-state index contributed by atoms with van der Waals surface area (Å²) in [7, 11) is 1.54. The van der Waals surface area contributed by atoms with Crippen LogP contribution in [0, 0.1) is 0 Å². The van der Waals surface area contributed by atoms with Gasteiger partial charge in [-0.15, -0.1) is 0 Å². The van der Waals surface area contributed by atoms with Crippen LogP contribution in [-0.2, 0) is 11.8 Å². The van der Waals surface area contributed by atoms with Gasteiger partial charge in [-0.3, -0.25) is 14.4 Å². The smallest absolute Gasteiger partial charge is 0.316 e. The highest BCUT2D eigenvalue weighted by Crippen LogP contribution is 2.32. The number of hydrogen-bond acceptors (Lipinski definition) is 6. The van der Waals surface area contributed by atoms with Gasteiger partial charge in [0.05, 0.1) is 17.0 Å². The van der Waals surface area contributed by atoms with E-state index < -0.39 is 11.1 Å². The predicted molar refractivity (Wildman–Crippen MR) is 109 cm³/mol. The molecule has 1 aliphatic rings. The first kappa shape index (κ1) is 18.0. The van der Waals surface area contributed by atoms with E-state index in [9.17, 15) is 14.4 Å². The number of nitrogens with one attached hydrogen (secondary N) is 1. The topological polar surface area (TPSA) is 114 Å². The Bertz CT molecular complexity index is 1390. The summed E-state index contributed by atoms with van der Waals surface area (Å²) >= 11 is 0. The Morgan fingerprint density at radius 1 is 1.10 bits per heavy atom. The molecule has 1 aliphatic heterocycles. The van der Waals surface area contributed by atoms with E-state index in [2.05, 4.69) is 15.1 Å². The van der Waals surface area contributed by atoms with Crippen LogP contribution >= 0.6 is 0 Å². The minimum atomic E-state index is -0.693. The second-order valence-corrected chi connectivity index (χ2v) is 7.25. The van der Waals surface area contributed by atoms with Crippen LogP contribution in [-0.4, -0.2) is 32.1 Å². The lowest BCUT2D eigenvalue weighted by Gasteiger charge is -2.15. The van der Waals surface area contributed by atoms with Crippen LogP contribution in [0.4, 0.5) is 5.69 Å². The van der Waals surface area contributed by atoms with Crippen molar-refractivity contribution in [2.45, 2.75) is 12.3 Å². The molecule has 0 aliphatic carbocycles. The van der Waals surface area contributed by atoms with E-state index in [4.69, 9.17) is 4.52 Å². The molecule has 9 nitrogen and oxygen atoms in total. The lowest BCUT2D eigenvalue weighted by Crippen LogP contribution is -2.34. The average molecular weight is 403 g/mol. The SMILES string of the molecule is Cn1c(=O)c(=O)[nH]c2cc(-c3noc([C@@H]4CC(=O)N(c5ccccc5)C4)n3)ccc21. The lowest BCUT2D eigenvalue weighted by molar-refractivity contribution is -0.117. The molecule has 30 heavy (non-hydrogen) atoms. The van der Waals surface area contributed by atoms with Crippen molar-refractivity contribution in [3.8, 4) is 11.4 Å². The molecule has 2 aromatic carbocycles. The first-order valence-electron chi connectivity index (χ1n) is 9.44. The summed E-state index contributed by atoms with van der Waals surface area (Å²) in [5.74, 6) is 0.563. The van der Waals surface area contributed by atoms with Crippen LogP contribution in [0.3, 0.4) is 0 Å². The van der Waals surface area contributed by atoms with Crippen molar-refractivity contribution in [2.75, 3.05) is 11.4 Å². The standard InChI is InChI=1S/C21H17N5O4/c1-25-16-8-7-12(9-15(16)22-19(28)21(25)29)18-23-20(30-24-18)13-10-17(27)26(11-13)14-5-3-2-4-6-14/h2-9,13H,10-11H2,1H3,(H,22,28)/t13-/m1/s1. The Balaban J connectivity index is 1.45. The van der Waals surface area contributed by atoms with Gasteiger partial charge in [0.15, 0.2) is 0 Å². The fraction of sp³-hybridized carbons (Fsp3) is 0.190. The number of fused-ring (bicyclic) bond motifs is 1. The number of nitrogens with zero attached hydrogens (tertiary/aromatic N) is 4. The van der Waals surface area contributed by atoms with Crippen LogP contribution in [0.1, 0.15) is 18.2 Å². The Labute approximate surface area is 169 Å². The van der Waals surface area contributed by atoms with Crippen molar-refractivity contribution in [1.29, 1.82) is 0 Å². The molecule has 0 bridgehead atoms. The first-order valence-corrected chi connectivity index (χ1v) is 9.44. The highest BCUT2D eigenvalue weighted by Gasteiger charge is 2.35. The lowest BCUT2D eigenvalue weighted by atomic mass is 10.1. The molecule has 0 spiro atoms. The normalized spacial score (nSPS) is 16.5. The Morgan fingerprint density at radius 3 is 2.70 bits per heavy atom. The largest absolute Gasteiger partial charge is 0.339 e.